The first kappa shape index (κ1) is 17.5. The number of aromatic nitrogens is 3. The Kier molecular flexibility index (Phi) is 4.54. The average molecular weight is 401 g/mol. The van der Waals surface area contributed by atoms with E-state index in [1.807, 2.05) is 17.5 Å². The molecule has 0 saturated heterocycles. The van der Waals surface area contributed by atoms with Gasteiger partial charge in [-0.25, -0.2) is 0 Å². The number of hydrogen-bond donors (Lipinski definition) is 0. The summed E-state index contributed by atoms with van der Waals surface area (Å²) >= 11 is 2.82. The van der Waals surface area contributed by atoms with Gasteiger partial charge in [0.15, 0.2) is 17.3 Å². The van der Waals surface area contributed by atoms with Crippen LogP contribution in [0.2, 0.25) is 0 Å². The van der Waals surface area contributed by atoms with Gasteiger partial charge in [-0.1, -0.05) is 17.4 Å². The summed E-state index contributed by atoms with van der Waals surface area (Å²) in [5.41, 5.74) is 0.545. The third-order valence-corrected chi connectivity index (χ3v) is 5.73. The number of thiophene rings is 1. The zero-order chi connectivity index (χ0) is 19.0. The Hall–Kier alpha value is -2.91. The van der Waals surface area contributed by atoms with Crippen LogP contribution in [0.25, 0.3) is 21.7 Å². The van der Waals surface area contributed by atoms with Gasteiger partial charge in [0, 0.05) is 0 Å². The van der Waals surface area contributed by atoms with E-state index >= 15 is 0 Å². The van der Waals surface area contributed by atoms with E-state index in [4.69, 9.17) is 14.2 Å². The van der Waals surface area contributed by atoms with Crippen molar-refractivity contribution in [3.63, 3.8) is 0 Å². The summed E-state index contributed by atoms with van der Waals surface area (Å²) in [6.07, 6.45) is 1.76. The number of benzene rings is 1. The number of nitrogens with zero attached hydrogens (tertiary/aromatic N) is 3. The van der Waals surface area contributed by atoms with Gasteiger partial charge >= 0.3 is 0 Å². The first-order valence-electron chi connectivity index (χ1n) is 7.89. The van der Waals surface area contributed by atoms with E-state index < -0.39 is 0 Å². The maximum absolute atomic E-state index is 12.7. The van der Waals surface area contributed by atoms with E-state index in [2.05, 4.69) is 10.1 Å². The highest BCUT2D eigenvalue weighted by Crippen LogP contribution is 2.38. The summed E-state index contributed by atoms with van der Waals surface area (Å²) in [5, 5.41) is 6.29. The highest BCUT2D eigenvalue weighted by Gasteiger charge is 2.15. The quantitative estimate of drug-likeness (QED) is 0.511. The van der Waals surface area contributed by atoms with Crippen LogP contribution in [0, 0.1) is 0 Å². The van der Waals surface area contributed by atoms with Gasteiger partial charge in [-0.3, -0.25) is 4.79 Å². The van der Waals surface area contributed by atoms with Crippen molar-refractivity contribution in [2.24, 2.45) is 0 Å². The molecule has 0 amide bonds. The van der Waals surface area contributed by atoms with Crippen molar-refractivity contribution in [1.29, 1.82) is 0 Å². The lowest BCUT2D eigenvalue weighted by Gasteiger charge is -2.12. The largest absolute Gasteiger partial charge is 0.493 e. The summed E-state index contributed by atoms with van der Waals surface area (Å²) in [4.78, 5) is 18.7. The molecule has 0 atom stereocenters. The fourth-order valence-corrected chi connectivity index (χ4v) is 4.24. The molecule has 3 heterocycles. The lowest BCUT2D eigenvalue weighted by atomic mass is 10.1. The Morgan fingerprint density at radius 1 is 1.11 bits per heavy atom. The molecule has 4 rings (SSSR count). The molecule has 4 aromatic rings. The second-order valence-electron chi connectivity index (χ2n) is 5.48. The maximum Gasteiger partial charge on any atom is 0.291 e. The molecule has 0 bridgehead atoms. The minimum absolute atomic E-state index is 0.209. The predicted octanol–water partition coefficient (Wildman–Crippen LogP) is 2.45. The molecule has 0 radical (unpaired) electrons. The molecule has 0 aliphatic heterocycles. The Bertz CT molecular complexity index is 1190. The number of ether oxygens (including phenoxy) is 3. The number of fused-ring (bicyclic) bond motifs is 1. The van der Waals surface area contributed by atoms with Crippen molar-refractivity contribution >= 4 is 33.7 Å². The molecule has 27 heavy (non-hydrogen) atoms. The van der Waals surface area contributed by atoms with Crippen molar-refractivity contribution in [3.8, 4) is 28.0 Å². The fraction of sp³-hybridized carbons (Fsp3) is 0.167. The molecule has 138 valence electrons. The number of hydrogen-bond acceptors (Lipinski definition) is 8. The fourth-order valence-electron chi connectivity index (χ4n) is 2.68. The Morgan fingerprint density at radius 2 is 1.85 bits per heavy atom. The van der Waals surface area contributed by atoms with Crippen molar-refractivity contribution in [1.82, 2.24) is 14.6 Å². The van der Waals surface area contributed by atoms with Crippen LogP contribution in [0.1, 0.15) is 5.56 Å². The molecule has 3 aromatic heterocycles. The number of thiazole rings is 1. The van der Waals surface area contributed by atoms with Crippen LogP contribution >= 0.6 is 22.7 Å². The molecule has 0 fully saturated rings. The van der Waals surface area contributed by atoms with Crippen LogP contribution in [0.4, 0.5) is 0 Å². The summed E-state index contributed by atoms with van der Waals surface area (Å²) in [7, 11) is 4.65. The van der Waals surface area contributed by atoms with Crippen LogP contribution in [0.3, 0.4) is 0 Å². The van der Waals surface area contributed by atoms with E-state index in [9.17, 15) is 4.79 Å². The summed E-state index contributed by atoms with van der Waals surface area (Å²) in [5.74, 6) is 2.11. The Morgan fingerprint density at radius 3 is 2.41 bits per heavy atom. The third-order valence-electron chi connectivity index (χ3n) is 3.91. The van der Waals surface area contributed by atoms with Gasteiger partial charge in [-0.2, -0.15) is 9.50 Å². The smallest absolute Gasteiger partial charge is 0.291 e. The van der Waals surface area contributed by atoms with Crippen LogP contribution in [0.5, 0.6) is 17.2 Å². The molecule has 0 aliphatic carbocycles. The van der Waals surface area contributed by atoms with E-state index in [1.54, 1.807) is 39.5 Å². The van der Waals surface area contributed by atoms with Crippen LogP contribution in [0.15, 0.2) is 34.4 Å². The lowest BCUT2D eigenvalue weighted by Crippen LogP contribution is -2.23. The van der Waals surface area contributed by atoms with Crippen LogP contribution in [-0.4, -0.2) is 35.9 Å². The Balaban J connectivity index is 1.83. The normalized spacial score (nSPS) is 11.9. The highest BCUT2D eigenvalue weighted by atomic mass is 32.1. The van der Waals surface area contributed by atoms with E-state index in [1.165, 1.54) is 27.2 Å². The lowest BCUT2D eigenvalue weighted by molar-refractivity contribution is 0.324. The maximum atomic E-state index is 12.7. The van der Waals surface area contributed by atoms with Crippen LogP contribution in [-0.2, 0) is 0 Å². The third kappa shape index (κ3) is 3.04. The molecule has 1 aromatic carbocycles. The van der Waals surface area contributed by atoms with Gasteiger partial charge in [0.2, 0.25) is 10.7 Å². The molecule has 0 saturated carbocycles. The molecule has 0 unspecified atom stereocenters. The first-order chi connectivity index (χ1) is 13.1. The minimum atomic E-state index is -0.209. The first-order valence-corrected chi connectivity index (χ1v) is 9.59. The van der Waals surface area contributed by atoms with Crippen molar-refractivity contribution in [3.05, 3.63) is 50.1 Å². The molecule has 9 heteroatoms. The molecule has 0 aliphatic rings. The standard InChI is InChI=1S/C18H15N3O4S2/c1-23-11-7-10(8-12(24-2)15(11)25-3)9-14-17(22)21-18(27-14)19-16(20-21)13-5-4-6-26-13/h4-9H,1-3H3/b14-9+. The van der Waals surface area contributed by atoms with Gasteiger partial charge in [0.25, 0.3) is 5.56 Å². The van der Waals surface area contributed by atoms with Gasteiger partial charge in [0.05, 0.1) is 30.7 Å². The summed E-state index contributed by atoms with van der Waals surface area (Å²) in [6, 6.07) is 7.43. The predicted molar refractivity (Wildman–Crippen MR) is 105 cm³/mol. The summed E-state index contributed by atoms with van der Waals surface area (Å²) in [6.45, 7) is 0. The second kappa shape index (κ2) is 7.01. The minimum Gasteiger partial charge on any atom is -0.493 e. The highest BCUT2D eigenvalue weighted by molar-refractivity contribution is 7.15. The average Bonchev–Trinajstić information content (AvgIpc) is 3.40. The molecular weight excluding hydrogens is 386 g/mol. The zero-order valence-electron chi connectivity index (χ0n) is 14.8. The molecule has 0 spiro atoms. The zero-order valence-corrected chi connectivity index (χ0v) is 16.4. The number of methoxy groups -OCH3 is 3. The van der Waals surface area contributed by atoms with E-state index in [-0.39, 0.29) is 5.56 Å². The van der Waals surface area contributed by atoms with Crippen molar-refractivity contribution < 1.29 is 14.2 Å². The van der Waals surface area contributed by atoms with E-state index in [0.29, 0.717) is 32.6 Å². The summed E-state index contributed by atoms with van der Waals surface area (Å²) < 4.78 is 17.9. The topological polar surface area (TPSA) is 75.0 Å². The molecule has 7 nitrogen and oxygen atoms in total. The molecule has 0 N–H and O–H groups in total. The van der Waals surface area contributed by atoms with Crippen molar-refractivity contribution in [2.45, 2.75) is 0 Å². The van der Waals surface area contributed by atoms with Crippen LogP contribution < -0.4 is 24.3 Å². The van der Waals surface area contributed by atoms with Gasteiger partial charge < -0.3 is 14.2 Å². The van der Waals surface area contributed by atoms with Gasteiger partial charge in [-0.15, -0.1) is 16.4 Å². The number of rotatable bonds is 5. The SMILES string of the molecule is COc1cc(/C=c2/sc3nc(-c4cccs4)nn3c2=O)cc(OC)c1OC. The van der Waals surface area contributed by atoms with Gasteiger partial charge in [0.1, 0.15) is 0 Å². The second-order valence-corrected chi connectivity index (χ2v) is 7.44. The monoisotopic (exact) mass is 401 g/mol. The van der Waals surface area contributed by atoms with E-state index in [0.717, 1.165) is 10.4 Å². The van der Waals surface area contributed by atoms with Crippen molar-refractivity contribution in [2.75, 3.05) is 21.3 Å². The molecular formula is C18H15N3O4S2. The van der Waals surface area contributed by atoms with Gasteiger partial charge in [-0.05, 0) is 35.2 Å². The Labute approximate surface area is 162 Å².